The summed E-state index contributed by atoms with van der Waals surface area (Å²) in [4.78, 5) is 16.5. The van der Waals surface area contributed by atoms with Gasteiger partial charge in [-0.25, -0.2) is 5.43 Å². The predicted molar refractivity (Wildman–Crippen MR) is 128 cm³/mol. The zero-order chi connectivity index (χ0) is 22.3. The van der Waals surface area contributed by atoms with Gasteiger partial charge in [0.1, 0.15) is 0 Å². The summed E-state index contributed by atoms with van der Waals surface area (Å²) in [5, 5.41) is 14.5. The molecule has 0 aliphatic heterocycles. The summed E-state index contributed by atoms with van der Waals surface area (Å²) in [6.45, 7) is 1.84. The molecule has 32 heavy (non-hydrogen) atoms. The Bertz CT molecular complexity index is 1080. The van der Waals surface area contributed by atoms with Crippen molar-refractivity contribution >= 4 is 35.0 Å². The minimum absolute atomic E-state index is 0.190. The summed E-state index contributed by atoms with van der Waals surface area (Å²) < 4.78 is 2.20. The molecule has 2 aromatic heterocycles. The average Bonchev–Trinajstić information content (AvgIpc) is 3.26. The molecule has 1 amide bonds. The van der Waals surface area contributed by atoms with Crippen LogP contribution >= 0.6 is 23.4 Å². The van der Waals surface area contributed by atoms with Crippen LogP contribution in [-0.4, -0.2) is 37.1 Å². The van der Waals surface area contributed by atoms with Gasteiger partial charge in [-0.1, -0.05) is 48.7 Å². The van der Waals surface area contributed by atoms with Gasteiger partial charge in [0.05, 0.1) is 11.5 Å². The van der Waals surface area contributed by atoms with E-state index >= 15 is 0 Å². The number of nitrogens with one attached hydrogen (secondary N) is 1. The molecule has 9 heteroatoms. The number of carbonyl (C=O) groups excluding carboxylic acids is 1. The molecule has 166 valence electrons. The topological polar surface area (TPSA) is 85.1 Å². The molecule has 0 atom stereocenters. The van der Waals surface area contributed by atoms with Crippen molar-refractivity contribution < 1.29 is 4.79 Å². The van der Waals surface area contributed by atoms with E-state index in [0.717, 1.165) is 34.9 Å². The van der Waals surface area contributed by atoms with Crippen molar-refractivity contribution in [2.24, 2.45) is 5.10 Å². The lowest BCUT2D eigenvalue weighted by Crippen LogP contribution is -2.22. The van der Waals surface area contributed by atoms with Gasteiger partial charge in [-0.15, -0.1) is 10.2 Å². The molecule has 0 radical (unpaired) electrons. The standard InChI is InChI=1S/C23H25ClN6OS/c1-16(18-6-5-13-25-14-18)26-27-21(31)15-32-23-29-28-22(17-9-11-19(24)12-10-17)30(23)20-7-3-2-4-8-20/h5-6,9-14,20H,2-4,7-8,15H2,1H3,(H,27,31). The molecule has 0 bridgehead atoms. The highest BCUT2D eigenvalue weighted by Gasteiger charge is 2.24. The fourth-order valence-corrected chi connectivity index (χ4v) is 4.71. The second-order valence-electron chi connectivity index (χ2n) is 7.74. The number of halogens is 1. The van der Waals surface area contributed by atoms with Gasteiger partial charge in [0, 0.05) is 34.6 Å². The number of benzene rings is 1. The molecule has 3 aromatic rings. The fraction of sp³-hybridized carbons (Fsp3) is 0.348. The van der Waals surface area contributed by atoms with E-state index < -0.39 is 0 Å². The fourth-order valence-electron chi connectivity index (χ4n) is 3.79. The van der Waals surface area contributed by atoms with Gasteiger partial charge in [-0.2, -0.15) is 5.10 Å². The maximum Gasteiger partial charge on any atom is 0.250 e. The minimum Gasteiger partial charge on any atom is -0.299 e. The number of amides is 1. The molecule has 1 aromatic carbocycles. The van der Waals surface area contributed by atoms with Gasteiger partial charge < -0.3 is 0 Å². The smallest absolute Gasteiger partial charge is 0.250 e. The van der Waals surface area contributed by atoms with E-state index in [2.05, 4.69) is 30.3 Å². The molecule has 2 heterocycles. The van der Waals surface area contributed by atoms with Crippen LogP contribution in [0.1, 0.15) is 50.6 Å². The quantitative estimate of drug-likeness (QED) is 0.295. The molecule has 7 nitrogen and oxygen atoms in total. The van der Waals surface area contributed by atoms with Crippen molar-refractivity contribution in [2.75, 3.05) is 5.75 Å². The van der Waals surface area contributed by atoms with Crippen LogP contribution in [0.2, 0.25) is 5.02 Å². The lowest BCUT2D eigenvalue weighted by molar-refractivity contribution is -0.118. The van der Waals surface area contributed by atoms with Gasteiger partial charge >= 0.3 is 0 Å². The number of hydrogen-bond acceptors (Lipinski definition) is 6. The zero-order valence-electron chi connectivity index (χ0n) is 17.9. The number of hydrazone groups is 1. The molecule has 1 aliphatic carbocycles. The molecule has 0 unspecified atom stereocenters. The third-order valence-corrected chi connectivity index (χ3v) is 6.66. The van der Waals surface area contributed by atoms with Crippen LogP contribution in [0.5, 0.6) is 0 Å². The van der Waals surface area contributed by atoms with E-state index in [-0.39, 0.29) is 11.7 Å². The molecular weight excluding hydrogens is 444 g/mol. The molecule has 0 saturated heterocycles. The van der Waals surface area contributed by atoms with E-state index in [9.17, 15) is 4.79 Å². The number of aromatic nitrogens is 4. The number of thioether (sulfide) groups is 1. The first-order valence-corrected chi connectivity index (χ1v) is 12.1. The van der Waals surface area contributed by atoms with E-state index in [1.54, 1.807) is 12.4 Å². The highest BCUT2D eigenvalue weighted by atomic mass is 35.5. The Morgan fingerprint density at radius 1 is 1.19 bits per heavy atom. The highest BCUT2D eigenvalue weighted by molar-refractivity contribution is 7.99. The minimum atomic E-state index is -0.190. The lowest BCUT2D eigenvalue weighted by Gasteiger charge is -2.25. The van der Waals surface area contributed by atoms with E-state index in [4.69, 9.17) is 11.6 Å². The molecule has 0 spiro atoms. The summed E-state index contributed by atoms with van der Waals surface area (Å²) in [6.07, 6.45) is 9.23. The van der Waals surface area contributed by atoms with Crippen molar-refractivity contribution in [3.8, 4) is 11.4 Å². The van der Waals surface area contributed by atoms with E-state index in [1.165, 1.54) is 31.0 Å². The van der Waals surface area contributed by atoms with E-state index in [1.807, 2.05) is 43.3 Å². The summed E-state index contributed by atoms with van der Waals surface area (Å²) >= 11 is 7.45. The first-order valence-electron chi connectivity index (χ1n) is 10.7. The van der Waals surface area contributed by atoms with Crippen LogP contribution in [0.3, 0.4) is 0 Å². The van der Waals surface area contributed by atoms with Gasteiger partial charge in [-0.3, -0.25) is 14.3 Å². The third kappa shape index (κ3) is 5.55. The molecule has 1 N–H and O–H groups in total. The Labute approximate surface area is 196 Å². The highest BCUT2D eigenvalue weighted by Crippen LogP contribution is 2.35. The monoisotopic (exact) mass is 468 g/mol. The van der Waals surface area contributed by atoms with Gasteiger partial charge in [0.2, 0.25) is 0 Å². The second kappa shape index (κ2) is 10.7. The Hall–Kier alpha value is -2.71. The molecule has 1 fully saturated rings. The van der Waals surface area contributed by atoms with Crippen LogP contribution in [0.25, 0.3) is 11.4 Å². The average molecular weight is 469 g/mol. The number of pyridine rings is 1. The maximum atomic E-state index is 12.4. The van der Waals surface area contributed by atoms with Crippen molar-refractivity contribution in [3.63, 3.8) is 0 Å². The first-order chi connectivity index (χ1) is 15.6. The normalized spacial score (nSPS) is 15.0. The largest absolute Gasteiger partial charge is 0.299 e. The number of nitrogens with zero attached hydrogens (tertiary/aromatic N) is 5. The molecule has 1 aliphatic rings. The van der Waals surface area contributed by atoms with Crippen molar-refractivity contribution in [1.29, 1.82) is 0 Å². The van der Waals surface area contributed by atoms with Gasteiger partial charge in [0.15, 0.2) is 11.0 Å². The summed E-state index contributed by atoms with van der Waals surface area (Å²) in [7, 11) is 0. The lowest BCUT2D eigenvalue weighted by atomic mass is 9.95. The Morgan fingerprint density at radius 3 is 2.69 bits per heavy atom. The first kappa shape index (κ1) is 22.5. The summed E-state index contributed by atoms with van der Waals surface area (Å²) in [6, 6.07) is 11.7. The Morgan fingerprint density at radius 2 is 1.97 bits per heavy atom. The maximum absolute atomic E-state index is 12.4. The number of hydrogen-bond donors (Lipinski definition) is 1. The molecule has 4 rings (SSSR count). The molecule has 1 saturated carbocycles. The van der Waals surface area contributed by atoms with E-state index in [0.29, 0.717) is 16.8 Å². The third-order valence-electron chi connectivity index (χ3n) is 5.47. The summed E-state index contributed by atoms with van der Waals surface area (Å²) in [5.41, 5.74) is 5.16. The van der Waals surface area contributed by atoms with Crippen LogP contribution in [0.15, 0.2) is 59.0 Å². The van der Waals surface area contributed by atoms with Crippen LogP contribution in [0.4, 0.5) is 0 Å². The van der Waals surface area contributed by atoms with Gasteiger partial charge in [-0.05, 0) is 50.1 Å². The Balaban J connectivity index is 1.48. The Kier molecular flexibility index (Phi) is 7.55. The molecular formula is C23H25ClN6OS. The SMILES string of the molecule is CC(=NNC(=O)CSc1nnc(-c2ccc(Cl)cc2)n1C1CCCCC1)c1cccnc1. The number of rotatable bonds is 7. The van der Waals surface area contributed by atoms with Gasteiger partial charge in [0.25, 0.3) is 5.91 Å². The summed E-state index contributed by atoms with van der Waals surface area (Å²) in [5.74, 6) is 0.835. The van der Waals surface area contributed by atoms with Crippen molar-refractivity contribution in [3.05, 3.63) is 59.4 Å². The zero-order valence-corrected chi connectivity index (χ0v) is 19.4. The second-order valence-corrected chi connectivity index (χ2v) is 9.12. The predicted octanol–water partition coefficient (Wildman–Crippen LogP) is 5.13. The van der Waals surface area contributed by atoms with Crippen LogP contribution in [0, 0.1) is 0 Å². The number of carbonyl (C=O) groups is 1. The van der Waals surface area contributed by atoms with Crippen LogP contribution < -0.4 is 5.43 Å². The van der Waals surface area contributed by atoms with Crippen molar-refractivity contribution in [1.82, 2.24) is 25.2 Å². The van der Waals surface area contributed by atoms with Crippen LogP contribution in [-0.2, 0) is 4.79 Å². The van der Waals surface area contributed by atoms with Crippen molar-refractivity contribution in [2.45, 2.75) is 50.2 Å².